The van der Waals surface area contributed by atoms with Crippen LogP contribution in [-0.2, 0) is 13.2 Å². The molecule has 7 heavy (non-hydrogen) atoms. The molecule has 0 aliphatic heterocycles. The topological polar surface area (TPSA) is 0 Å². The van der Waals surface area contributed by atoms with E-state index in [0.29, 0.717) is 0 Å². The molecule has 0 saturated heterocycles. The van der Waals surface area contributed by atoms with E-state index in [0.717, 1.165) is 0 Å². The van der Waals surface area contributed by atoms with Crippen LogP contribution in [0.15, 0.2) is 0 Å². The molecular formula is C4H9Br2Zn. The standard InChI is InChI=1S/C4H9.2BrH.Zn/c1-3-4-2;;;/h3H,4H2,1-2H3;2*1H;/q;;;+2/p-2. The molecule has 0 aromatic heterocycles. The van der Waals surface area contributed by atoms with E-state index in [-0.39, 0.29) is 13.2 Å². The van der Waals surface area contributed by atoms with Crippen LogP contribution in [0.4, 0.5) is 0 Å². The SMILES string of the molecule is C[CH]CC.[Br][Zn][Br]. The zero-order valence-electron chi connectivity index (χ0n) is 4.75. The molecule has 3 heteroatoms. The molecule has 0 amide bonds. The van der Waals surface area contributed by atoms with E-state index in [1.165, 1.54) is 6.42 Å². The van der Waals surface area contributed by atoms with E-state index in [4.69, 9.17) is 0 Å². The van der Waals surface area contributed by atoms with Gasteiger partial charge in [-0.3, -0.25) is 0 Å². The molecule has 0 heterocycles. The summed E-state index contributed by atoms with van der Waals surface area (Å²) < 4.78 is 0. The van der Waals surface area contributed by atoms with E-state index in [1.807, 2.05) is 0 Å². The van der Waals surface area contributed by atoms with Gasteiger partial charge in [0, 0.05) is 0 Å². The molecule has 1 radical (unpaired) electrons. The van der Waals surface area contributed by atoms with Gasteiger partial charge in [-0.05, 0) is 6.42 Å². The minimum atomic E-state index is -0.250. The predicted molar refractivity (Wildman–Crippen MR) is 38.1 cm³/mol. The Morgan fingerprint density at radius 1 is 1.57 bits per heavy atom. The fourth-order valence-corrected chi connectivity index (χ4v) is 0. The summed E-state index contributed by atoms with van der Waals surface area (Å²) in [6.45, 7) is 4.18. The van der Waals surface area contributed by atoms with Crippen LogP contribution in [0, 0.1) is 6.42 Å². The van der Waals surface area contributed by atoms with E-state index in [9.17, 15) is 0 Å². The molecule has 0 aromatic rings. The van der Waals surface area contributed by atoms with Gasteiger partial charge in [0.05, 0.1) is 0 Å². The molecule has 0 aliphatic rings. The van der Waals surface area contributed by atoms with Crippen LogP contribution in [-0.4, -0.2) is 0 Å². The van der Waals surface area contributed by atoms with Crippen molar-refractivity contribution < 1.29 is 13.2 Å². The number of halogens is 2. The van der Waals surface area contributed by atoms with Gasteiger partial charge in [-0.2, -0.15) is 0 Å². The summed E-state index contributed by atoms with van der Waals surface area (Å²) in [5, 5.41) is 0. The second-order valence-electron chi connectivity index (χ2n) is 0.918. The fourth-order valence-electron chi connectivity index (χ4n) is 0. The molecule has 41 valence electrons. The molecule has 0 nitrogen and oxygen atoms in total. The number of rotatable bonds is 1. The second kappa shape index (κ2) is 15.6. The minimum absolute atomic E-state index is 0.250. The van der Waals surface area contributed by atoms with Gasteiger partial charge in [-0.15, -0.1) is 0 Å². The third kappa shape index (κ3) is 35.4. The van der Waals surface area contributed by atoms with Crippen molar-refractivity contribution in [3.63, 3.8) is 0 Å². The zero-order chi connectivity index (χ0) is 6.12. The van der Waals surface area contributed by atoms with Crippen LogP contribution in [0.3, 0.4) is 0 Å². The number of unbranched alkanes of at least 4 members (excludes halogenated alkanes) is 1. The summed E-state index contributed by atoms with van der Waals surface area (Å²) in [6.07, 6.45) is 3.32. The summed E-state index contributed by atoms with van der Waals surface area (Å²) in [5.74, 6) is 0. The summed E-state index contributed by atoms with van der Waals surface area (Å²) in [7, 11) is 0. The van der Waals surface area contributed by atoms with Gasteiger partial charge in [0.2, 0.25) is 0 Å². The molecule has 0 N–H and O–H groups in total. The van der Waals surface area contributed by atoms with Crippen molar-refractivity contribution in [1.82, 2.24) is 0 Å². The molecule has 0 atom stereocenters. The van der Waals surface area contributed by atoms with Crippen molar-refractivity contribution in [2.75, 3.05) is 0 Å². The third-order valence-corrected chi connectivity index (χ3v) is 0.408. The van der Waals surface area contributed by atoms with Gasteiger partial charge in [0.15, 0.2) is 0 Å². The van der Waals surface area contributed by atoms with Gasteiger partial charge >= 0.3 is 40.5 Å². The molecule has 0 aromatic carbocycles. The molecule has 0 unspecified atom stereocenters. The van der Waals surface area contributed by atoms with E-state index < -0.39 is 0 Å². The monoisotopic (exact) mass is 279 g/mol. The van der Waals surface area contributed by atoms with Gasteiger partial charge in [0.25, 0.3) is 0 Å². The summed E-state index contributed by atoms with van der Waals surface area (Å²) in [5.41, 5.74) is 0. The van der Waals surface area contributed by atoms with Crippen molar-refractivity contribution >= 4 is 27.2 Å². The summed E-state index contributed by atoms with van der Waals surface area (Å²) in [6, 6.07) is 0. The molecule has 0 bridgehead atoms. The quantitative estimate of drug-likeness (QED) is 0.647. The van der Waals surface area contributed by atoms with E-state index in [2.05, 4.69) is 47.5 Å². The van der Waals surface area contributed by atoms with Gasteiger partial charge < -0.3 is 0 Å². The Balaban J connectivity index is 0. The van der Waals surface area contributed by atoms with Crippen LogP contribution in [0.5, 0.6) is 0 Å². The normalized spacial score (nSPS) is 5.71. The van der Waals surface area contributed by atoms with Gasteiger partial charge in [-0.25, -0.2) is 0 Å². The first-order valence-corrected chi connectivity index (χ1v) is 16.1. The molecular weight excluding hydrogens is 273 g/mol. The summed E-state index contributed by atoms with van der Waals surface area (Å²) >= 11 is 6.25. The average molecular weight is 282 g/mol. The number of hydrogen-bond acceptors (Lipinski definition) is 0. The van der Waals surface area contributed by atoms with Crippen LogP contribution in [0.1, 0.15) is 20.3 Å². The van der Waals surface area contributed by atoms with Gasteiger partial charge in [-0.1, -0.05) is 20.3 Å². The maximum absolute atomic E-state index is 3.25. The van der Waals surface area contributed by atoms with E-state index >= 15 is 0 Å². The Bertz CT molecular complexity index is 17.2. The Hall–Kier alpha value is 1.58. The van der Waals surface area contributed by atoms with Crippen LogP contribution < -0.4 is 0 Å². The van der Waals surface area contributed by atoms with Crippen LogP contribution >= 0.6 is 27.2 Å². The molecule has 0 fully saturated rings. The Kier molecular flexibility index (Phi) is 25.5. The van der Waals surface area contributed by atoms with Gasteiger partial charge in [0.1, 0.15) is 0 Å². The van der Waals surface area contributed by atoms with E-state index in [1.54, 1.807) is 0 Å². The van der Waals surface area contributed by atoms with Crippen molar-refractivity contribution in [1.29, 1.82) is 0 Å². The first-order chi connectivity index (χ1) is 3.33. The van der Waals surface area contributed by atoms with Crippen molar-refractivity contribution in [3.8, 4) is 0 Å². The number of hydrogen-bond donors (Lipinski definition) is 0. The molecule has 0 spiro atoms. The fraction of sp³-hybridized carbons (Fsp3) is 0.750. The average Bonchev–Trinajstić information content (AvgIpc) is 1.69. The molecule has 0 saturated carbocycles. The van der Waals surface area contributed by atoms with Crippen LogP contribution in [0.25, 0.3) is 0 Å². The third-order valence-electron chi connectivity index (χ3n) is 0.408. The molecule has 0 rings (SSSR count). The molecule has 0 aliphatic carbocycles. The Morgan fingerprint density at radius 3 is 1.71 bits per heavy atom. The maximum atomic E-state index is 3.25. The summed E-state index contributed by atoms with van der Waals surface area (Å²) in [4.78, 5) is 0. The zero-order valence-corrected chi connectivity index (χ0v) is 10.9. The first-order valence-electron chi connectivity index (χ1n) is 2.23. The Labute approximate surface area is 66.8 Å². The van der Waals surface area contributed by atoms with Crippen LogP contribution in [0.2, 0.25) is 0 Å². The van der Waals surface area contributed by atoms with Crippen molar-refractivity contribution in [2.24, 2.45) is 0 Å². The van der Waals surface area contributed by atoms with Crippen molar-refractivity contribution in [3.05, 3.63) is 6.42 Å². The first kappa shape index (κ1) is 11.4. The second-order valence-corrected chi connectivity index (χ2v) is 15.0. The predicted octanol–water partition coefficient (Wildman–Crippen LogP) is 3.31. The Morgan fingerprint density at radius 2 is 1.71 bits per heavy atom. The van der Waals surface area contributed by atoms with Crippen molar-refractivity contribution in [2.45, 2.75) is 20.3 Å².